The zero-order chi connectivity index (χ0) is 14.9. The van der Waals surface area contributed by atoms with Gasteiger partial charge in [-0.15, -0.1) is 0 Å². The molecule has 1 aromatic carbocycles. The highest BCUT2D eigenvalue weighted by atomic mass is 35.5. The van der Waals surface area contributed by atoms with Crippen LogP contribution in [0.25, 0.3) is 0 Å². The van der Waals surface area contributed by atoms with E-state index in [0.717, 1.165) is 27.5 Å². The Morgan fingerprint density at radius 2 is 1.85 bits per heavy atom. The maximum atomic E-state index is 6.26. The van der Waals surface area contributed by atoms with E-state index in [9.17, 15) is 0 Å². The molecule has 0 atom stereocenters. The zero-order valence-electron chi connectivity index (χ0n) is 12.2. The summed E-state index contributed by atoms with van der Waals surface area (Å²) in [6.07, 6.45) is 1.59. The van der Waals surface area contributed by atoms with Crippen LogP contribution in [0.3, 0.4) is 0 Å². The summed E-state index contributed by atoms with van der Waals surface area (Å²) >= 11 is 6.26. The lowest BCUT2D eigenvalue weighted by atomic mass is 10.0. The number of pyridine rings is 1. The van der Waals surface area contributed by atoms with E-state index in [0.29, 0.717) is 17.5 Å². The molecule has 3 nitrogen and oxygen atoms in total. The first kappa shape index (κ1) is 14.7. The molecule has 1 aromatic heterocycles. The molecule has 0 aliphatic rings. The third-order valence-corrected chi connectivity index (χ3v) is 3.50. The molecule has 2 aromatic rings. The van der Waals surface area contributed by atoms with Crippen LogP contribution in [-0.2, 0) is 0 Å². The van der Waals surface area contributed by atoms with Gasteiger partial charge in [0, 0.05) is 10.6 Å². The topological polar surface area (TPSA) is 48.1 Å². The summed E-state index contributed by atoms with van der Waals surface area (Å²) in [4.78, 5) is 4.23. The molecule has 2 N–H and O–H groups in total. The molecule has 0 unspecified atom stereocenters. The fourth-order valence-electron chi connectivity index (χ4n) is 2.02. The molecule has 20 heavy (non-hydrogen) atoms. The number of aryl methyl sites for hydroxylation is 2. The largest absolute Gasteiger partial charge is 0.438 e. The van der Waals surface area contributed by atoms with Crippen LogP contribution in [0, 0.1) is 13.8 Å². The molecule has 106 valence electrons. The van der Waals surface area contributed by atoms with E-state index in [1.807, 2.05) is 32.0 Å². The average Bonchev–Trinajstić information content (AvgIpc) is 2.35. The number of rotatable bonds is 3. The van der Waals surface area contributed by atoms with Gasteiger partial charge < -0.3 is 10.5 Å². The van der Waals surface area contributed by atoms with Gasteiger partial charge in [0.05, 0.1) is 11.9 Å². The van der Waals surface area contributed by atoms with Crippen LogP contribution in [0.15, 0.2) is 24.4 Å². The third-order valence-electron chi connectivity index (χ3n) is 3.17. The van der Waals surface area contributed by atoms with E-state index in [1.165, 1.54) is 0 Å². The summed E-state index contributed by atoms with van der Waals surface area (Å²) in [5.41, 5.74) is 9.29. The second-order valence-corrected chi connectivity index (χ2v) is 5.69. The van der Waals surface area contributed by atoms with E-state index in [2.05, 4.69) is 18.8 Å². The van der Waals surface area contributed by atoms with E-state index in [1.54, 1.807) is 6.20 Å². The molecule has 0 radical (unpaired) electrons. The molecule has 1 heterocycles. The van der Waals surface area contributed by atoms with Crippen LogP contribution < -0.4 is 10.5 Å². The Bertz CT molecular complexity index is 639. The molecule has 0 fully saturated rings. The van der Waals surface area contributed by atoms with Crippen molar-refractivity contribution in [1.29, 1.82) is 0 Å². The van der Waals surface area contributed by atoms with Gasteiger partial charge in [-0.3, -0.25) is 0 Å². The van der Waals surface area contributed by atoms with Crippen molar-refractivity contribution in [1.82, 2.24) is 4.98 Å². The Kier molecular flexibility index (Phi) is 4.19. The number of hydrogen-bond acceptors (Lipinski definition) is 3. The number of nitrogens with two attached hydrogens (primary N) is 1. The van der Waals surface area contributed by atoms with E-state index in [4.69, 9.17) is 22.1 Å². The van der Waals surface area contributed by atoms with Gasteiger partial charge in [-0.05, 0) is 49.1 Å². The summed E-state index contributed by atoms with van der Waals surface area (Å²) in [5, 5.41) is 0.770. The normalized spacial score (nSPS) is 10.9. The molecule has 0 aliphatic carbocycles. The Labute approximate surface area is 124 Å². The second kappa shape index (κ2) is 5.71. The summed E-state index contributed by atoms with van der Waals surface area (Å²) in [5.74, 6) is 1.68. The van der Waals surface area contributed by atoms with Crippen molar-refractivity contribution in [3.63, 3.8) is 0 Å². The molecule has 0 saturated heterocycles. The summed E-state index contributed by atoms with van der Waals surface area (Å²) in [7, 11) is 0. The summed E-state index contributed by atoms with van der Waals surface area (Å²) < 4.78 is 5.92. The number of ether oxygens (including phenoxy) is 1. The average molecular weight is 291 g/mol. The fraction of sp³-hybridized carbons (Fsp3) is 0.312. The second-order valence-electron chi connectivity index (χ2n) is 5.29. The summed E-state index contributed by atoms with van der Waals surface area (Å²) in [6, 6.07) is 5.76. The lowest BCUT2D eigenvalue weighted by Gasteiger charge is -2.15. The predicted molar refractivity (Wildman–Crippen MR) is 83.7 cm³/mol. The number of nitrogens with zero attached hydrogens (tertiary/aromatic N) is 1. The highest BCUT2D eigenvalue weighted by molar-refractivity contribution is 6.31. The molecule has 4 heteroatoms. The van der Waals surface area contributed by atoms with Crippen molar-refractivity contribution in [3.05, 3.63) is 46.1 Å². The van der Waals surface area contributed by atoms with Crippen molar-refractivity contribution >= 4 is 17.3 Å². The monoisotopic (exact) mass is 290 g/mol. The lowest BCUT2D eigenvalue weighted by Crippen LogP contribution is -1.97. The van der Waals surface area contributed by atoms with Gasteiger partial charge in [0.1, 0.15) is 5.75 Å². The van der Waals surface area contributed by atoms with Crippen molar-refractivity contribution in [2.24, 2.45) is 0 Å². The Balaban J connectivity index is 2.40. The first-order chi connectivity index (χ1) is 9.38. The molecule has 0 bridgehead atoms. The van der Waals surface area contributed by atoms with Gasteiger partial charge in [0.2, 0.25) is 5.88 Å². The van der Waals surface area contributed by atoms with Crippen LogP contribution in [0.4, 0.5) is 5.69 Å². The van der Waals surface area contributed by atoms with E-state index >= 15 is 0 Å². The highest BCUT2D eigenvalue weighted by Crippen LogP contribution is 2.34. The number of nitrogen functional groups attached to an aromatic ring is 1. The first-order valence-electron chi connectivity index (χ1n) is 6.58. The SMILES string of the molecule is Cc1cc(Cl)c(C(C)C)cc1Oc1ncc(N)cc1C. The standard InChI is InChI=1S/C16H19ClN2O/c1-9(2)13-7-15(10(3)6-14(13)17)20-16-11(4)5-12(18)8-19-16/h5-9H,18H2,1-4H3. The van der Waals surface area contributed by atoms with Crippen molar-refractivity contribution in [3.8, 4) is 11.6 Å². The van der Waals surface area contributed by atoms with Crippen molar-refractivity contribution in [2.45, 2.75) is 33.6 Å². The Hall–Kier alpha value is -1.74. The minimum atomic E-state index is 0.339. The number of hydrogen-bond donors (Lipinski definition) is 1. The van der Waals surface area contributed by atoms with E-state index < -0.39 is 0 Å². The predicted octanol–water partition coefficient (Wildman–Crippen LogP) is 4.85. The van der Waals surface area contributed by atoms with Crippen LogP contribution in [0.1, 0.15) is 36.5 Å². The maximum absolute atomic E-state index is 6.26. The van der Waals surface area contributed by atoms with Gasteiger partial charge in [-0.25, -0.2) is 4.98 Å². The minimum absolute atomic E-state index is 0.339. The number of anilines is 1. The van der Waals surface area contributed by atoms with E-state index in [-0.39, 0.29) is 0 Å². The Morgan fingerprint density at radius 1 is 1.15 bits per heavy atom. The molecule has 2 rings (SSSR count). The van der Waals surface area contributed by atoms with Crippen LogP contribution in [0.5, 0.6) is 11.6 Å². The third kappa shape index (κ3) is 3.05. The maximum Gasteiger partial charge on any atom is 0.222 e. The fourth-order valence-corrected chi connectivity index (χ4v) is 2.45. The number of benzene rings is 1. The van der Waals surface area contributed by atoms with Gasteiger partial charge in [0.15, 0.2) is 0 Å². The number of halogens is 1. The summed E-state index contributed by atoms with van der Waals surface area (Å²) in [6.45, 7) is 8.10. The number of aromatic nitrogens is 1. The van der Waals surface area contributed by atoms with Crippen LogP contribution in [-0.4, -0.2) is 4.98 Å². The minimum Gasteiger partial charge on any atom is -0.438 e. The zero-order valence-corrected chi connectivity index (χ0v) is 13.0. The van der Waals surface area contributed by atoms with Gasteiger partial charge in [-0.1, -0.05) is 25.4 Å². The first-order valence-corrected chi connectivity index (χ1v) is 6.96. The molecule has 0 saturated carbocycles. The molecule has 0 amide bonds. The Morgan fingerprint density at radius 3 is 2.45 bits per heavy atom. The van der Waals surface area contributed by atoms with Crippen molar-refractivity contribution in [2.75, 3.05) is 5.73 Å². The van der Waals surface area contributed by atoms with Crippen LogP contribution >= 0.6 is 11.6 Å². The van der Waals surface area contributed by atoms with Gasteiger partial charge >= 0.3 is 0 Å². The molecular formula is C16H19ClN2O. The lowest BCUT2D eigenvalue weighted by molar-refractivity contribution is 0.455. The van der Waals surface area contributed by atoms with Gasteiger partial charge in [-0.2, -0.15) is 0 Å². The molecule has 0 spiro atoms. The smallest absolute Gasteiger partial charge is 0.222 e. The van der Waals surface area contributed by atoms with Gasteiger partial charge in [0.25, 0.3) is 0 Å². The van der Waals surface area contributed by atoms with Crippen molar-refractivity contribution < 1.29 is 4.74 Å². The van der Waals surface area contributed by atoms with Crippen LogP contribution in [0.2, 0.25) is 5.02 Å². The quantitative estimate of drug-likeness (QED) is 0.879. The highest BCUT2D eigenvalue weighted by Gasteiger charge is 2.12. The molecular weight excluding hydrogens is 272 g/mol. The molecule has 0 aliphatic heterocycles.